The maximum absolute atomic E-state index is 6.24. The number of hydrogen-bond acceptors (Lipinski definition) is 3. The first-order valence-corrected chi connectivity index (χ1v) is 6.69. The Morgan fingerprint density at radius 1 is 1.37 bits per heavy atom. The highest BCUT2D eigenvalue weighted by Gasteiger charge is 2.18. The van der Waals surface area contributed by atoms with Crippen molar-refractivity contribution in [3.05, 3.63) is 58.4 Å². The molecule has 1 aliphatic heterocycles. The van der Waals surface area contributed by atoms with Crippen LogP contribution in [0.1, 0.15) is 22.7 Å². The first-order valence-electron chi connectivity index (χ1n) is 6.32. The Kier molecular flexibility index (Phi) is 3.40. The van der Waals surface area contributed by atoms with Gasteiger partial charge in [-0.2, -0.15) is 0 Å². The number of fused-ring (bicyclic) bond motifs is 1. The zero-order chi connectivity index (χ0) is 13.2. The van der Waals surface area contributed by atoms with Gasteiger partial charge in [0.15, 0.2) is 0 Å². The van der Waals surface area contributed by atoms with Gasteiger partial charge in [0, 0.05) is 18.8 Å². The molecule has 0 bridgehead atoms. The summed E-state index contributed by atoms with van der Waals surface area (Å²) in [5, 5.41) is 3.99. The summed E-state index contributed by atoms with van der Waals surface area (Å²) in [5.41, 5.74) is 3.50. The van der Waals surface area contributed by atoms with Crippen LogP contribution in [0.3, 0.4) is 0 Å². The predicted octanol–water partition coefficient (Wildman–Crippen LogP) is 2.98. The van der Waals surface area contributed by atoms with E-state index in [9.17, 15) is 0 Å². The fourth-order valence-electron chi connectivity index (χ4n) is 2.51. The lowest BCUT2D eigenvalue weighted by Gasteiger charge is -2.19. The predicted molar refractivity (Wildman–Crippen MR) is 75.8 cm³/mol. The minimum absolute atomic E-state index is 0.0707. The molecule has 2 heterocycles. The van der Waals surface area contributed by atoms with Crippen molar-refractivity contribution in [1.82, 2.24) is 10.3 Å². The Morgan fingerprint density at radius 2 is 2.26 bits per heavy atom. The molecule has 1 unspecified atom stereocenters. The summed E-state index contributed by atoms with van der Waals surface area (Å²) in [6.07, 6.45) is 4.42. The molecule has 0 aliphatic carbocycles. The van der Waals surface area contributed by atoms with E-state index in [0.717, 1.165) is 24.3 Å². The highest BCUT2D eigenvalue weighted by molar-refractivity contribution is 6.31. The number of ether oxygens (including phenoxy) is 1. The van der Waals surface area contributed by atoms with Gasteiger partial charge in [0.05, 0.1) is 17.7 Å². The second kappa shape index (κ2) is 5.19. The third kappa shape index (κ3) is 2.31. The lowest BCUT2D eigenvalue weighted by molar-refractivity contribution is 0.357. The van der Waals surface area contributed by atoms with Gasteiger partial charge >= 0.3 is 0 Å². The van der Waals surface area contributed by atoms with Crippen LogP contribution in [0.5, 0.6) is 5.75 Å². The molecule has 1 N–H and O–H groups in total. The van der Waals surface area contributed by atoms with Crippen LogP contribution >= 0.6 is 11.6 Å². The molecule has 2 aromatic rings. The molecule has 98 valence electrons. The van der Waals surface area contributed by atoms with Crippen molar-refractivity contribution in [2.24, 2.45) is 0 Å². The van der Waals surface area contributed by atoms with Crippen LogP contribution in [0.2, 0.25) is 5.02 Å². The lowest BCUT2D eigenvalue weighted by Crippen LogP contribution is -2.18. The Morgan fingerprint density at radius 3 is 3.05 bits per heavy atom. The minimum Gasteiger partial charge on any atom is -0.493 e. The van der Waals surface area contributed by atoms with Crippen LogP contribution in [0.25, 0.3) is 0 Å². The highest BCUT2D eigenvalue weighted by Crippen LogP contribution is 2.32. The molecule has 1 aromatic heterocycles. The molecule has 0 saturated carbocycles. The summed E-state index contributed by atoms with van der Waals surface area (Å²) in [6.45, 7) is 0.777. The van der Waals surface area contributed by atoms with Crippen molar-refractivity contribution in [3.63, 3.8) is 0 Å². The number of rotatable bonds is 3. The van der Waals surface area contributed by atoms with Crippen molar-refractivity contribution >= 4 is 11.6 Å². The van der Waals surface area contributed by atoms with Gasteiger partial charge in [-0.15, -0.1) is 0 Å². The van der Waals surface area contributed by atoms with Crippen molar-refractivity contribution in [2.45, 2.75) is 12.5 Å². The summed E-state index contributed by atoms with van der Waals surface area (Å²) < 4.78 is 5.54. The van der Waals surface area contributed by atoms with E-state index in [2.05, 4.69) is 22.4 Å². The first-order chi connectivity index (χ1) is 9.29. The quantitative estimate of drug-likeness (QED) is 0.934. The zero-order valence-electron chi connectivity index (χ0n) is 10.7. The smallest absolute Gasteiger partial charge is 0.122 e. The van der Waals surface area contributed by atoms with Gasteiger partial charge in [0.25, 0.3) is 0 Å². The van der Waals surface area contributed by atoms with E-state index in [1.807, 2.05) is 19.2 Å². The molecule has 1 aliphatic rings. The number of pyridine rings is 1. The molecule has 3 rings (SSSR count). The molecule has 3 nitrogen and oxygen atoms in total. The fourth-order valence-corrected chi connectivity index (χ4v) is 2.74. The molecule has 0 saturated heterocycles. The number of benzene rings is 1. The molecule has 0 amide bonds. The first kappa shape index (κ1) is 12.5. The molecule has 0 fully saturated rings. The van der Waals surface area contributed by atoms with Crippen molar-refractivity contribution in [3.8, 4) is 5.75 Å². The Labute approximate surface area is 117 Å². The monoisotopic (exact) mass is 274 g/mol. The summed E-state index contributed by atoms with van der Waals surface area (Å²) in [5.74, 6) is 0.999. The van der Waals surface area contributed by atoms with Crippen LogP contribution < -0.4 is 10.1 Å². The molecule has 4 heteroatoms. The SMILES string of the molecule is CNC(c1ccc2c(c1)CCO2)c1ccncc1Cl. The van der Waals surface area contributed by atoms with Gasteiger partial charge in [-0.1, -0.05) is 23.7 Å². The Hall–Kier alpha value is -1.58. The van der Waals surface area contributed by atoms with E-state index in [-0.39, 0.29) is 6.04 Å². The number of aromatic nitrogens is 1. The summed E-state index contributed by atoms with van der Waals surface area (Å²) in [6, 6.07) is 8.34. The molecule has 1 atom stereocenters. The van der Waals surface area contributed by atoms with Crippen molar-refractivity contribution in [2.75, 3.05) is 13.7 Å². The van der Waals surface area contributed by atoms with E-state index in [1.54, 1.807) is 12.4 Å². The fraction of sp³-hybridized carbons (Fsp3) is 0.267. The van der Waals surface area contributed by atoms with E-state index in [1.165, 1.54) is 11.1 Å². The molecular weight excluding hydrogens is 260 g/mol. The van der Waals surface area contributed by atoms with Gasteiger partial charge in [-0.25, -0.2) is 0 Å². The average Bonchev–Trinajstić information content (AvgIpc) is 2.89. The third-order valence-electron chi connectivity index (χ3n) is 3.45. The average molecular weight is 275 g/mol. The second-order valence-corrected chi connectivity index (χ2v) is 4.99. The van der Waals surface area contributed by atoms with Crippen molar-refractivity contribution in [1.29, 1.82) is 0 Å². The van der Waals surface area contributed by atoms with Gasteiger partial charge in [0.2, 0.25) is 0 Å². The molecule has 19 heavy (non-hydrogen) atoms. The standard InChI is InChI=1S/C15H15ClN2O/c1-17-15(12-4-6-18-9-13(12)16)11-2-3-14-10(8-11)5-7-19-14/h2-4,6,8-9,15,17H,5,7H2,1H3. The van der Waals surface area contributed by atoms with Crippen molar-refractivity contribution < 1.29 is 4.74 Å². The van der Waals surface area contributed by atoms with E-state index < -0.39 is 0 Å². The summed E-state index contributed by atoms with van der Waals surface area (Å²) in [7, 11) is 1.94. The van der Waals surface area contributed by atoms with Gasteiger partial charge in [0.1, 0.15) is 5.75 Å². The molecular formula is C15H15ClN2O. The summed E-state index contributed by atoms with van der Waals surface area (Å²) in [4.78, 5) is 4.03. The second-order valence-electron chi connectivity index (χ2n) is 4.58. The lowest BCUT2D eigenvalue weighted by atomic mass is 9.97. The third-order valence-corrected chi connectivity index (χ3v) is 3.77. The van der Waals surface area contributed by atoms with Gasteiger partial charge in [-0.3, -0.25) is 4.98 Å². The summed E-state index contributed by atoms with van der Waals surface area (Å²) >= 11 is 6.24. The topological polar surface area (TPSA) is 34.1 Å². The number of nitrogens with zero attached hydrogens (tertiary/aromatic N) is 1. The van der Waals surface area contributed by atoms with Crippen LogP contribution in [0, 0.1) is 0 Å². The molecule has 0 radical (unpaired) electrons. The number of halogens is 1. The Balaban J connectivity index is 2.01. The minimum atomic E-state index is 0.0707. The van der Waals surface area contributed by atoms with E-state index in [0.29, 0.717) is 5.02 Å². The maximum atomic E-state index is 6.24. The van der Waals surface area contributed by atoms with Crippen LogP contribution in [-0.4, -0.2) is 18.6 Å². The number of nitrogens with one attached hydrogen (secondary N) is 1. The molecule has 1 aromatic carbocycles. The van der Waals surface area contributed by atoms with Gasteiger partial charge < -0.3 is 10.1 Å². The van der Waals surface area contributed by atoms with E-state index >= 15 is 0 Å². The van der Waals surface area contributed by atoms with Crippen LogP contribution in [0.4, 0.5) is 0 Å². The maximum Gasteiger partial charge on any atom is 0.122 e. The molecule has 0 spiro atoms. The normalized spacial score (nSPS) is 14.8. The van der Waals surface area contributed by atoms with E-state index in [4.69, 9.17) is 16.3 Å². The highest BCUT2D eigenvalue weighted by atomic mass is 35.5. The van der Waals surface area contributed by atoms with Crippen LogP contribution in [0.15, 0.2) is 36.7 Å². The zero-order valence-corrected chi connectivity index (χ0v) is 11.4. The van der Waals surface area contributed by atoms with Crippen LogP contribution in [-0.2, 0) is 6.42 Å². The Bertz CT molecular complexity index is 600. The number of hydrogen-bond donors (Lipinski definition) is 1. The van der Waals surface area contributed by atoms with Gasteiger partial charge in [-0.05, 0) is 35.9 Å². The largest absolute Gasteiger partial charge is 0.493 e.